The van der Waals surface area contributed by atoms with Crippen LogP contribution in [-0.4, -0.2) is 41.7 Å². The number of anilines is 2. The number of hydrogen-bond acceptors (Lipinski definition) is 5. The molecule has 2 aromatic carbocycles. The number of nitrogens with one attached hydrogen (secondary N) is 1. The summed E-state index contributed by atoms with van der Waals surface area (Å²) in [5.74, 6) is 1.77. The van der Waals surface area contributed by atoms with Crippen molar-refractivity contribution in [3.05, 3.63) is 58.7 Å². The van der Waals surface area contributed by atoms with Crippen molar-refractivity contribution in [3.63, 3.8) is 0 Å². The Hall–Kier alpha value is -3.39. The van der Waals surface area contributed by atoms with Crippen molar-refractivity contribution in [1.29, 1.82) is 5.26 Å². The summed E-state index contributed by atoms with van der Waals surface area (Å²) < 4.78 is 0. The van der Waals surface area contributed by atoms with Gasteiger partial charge in [0.05, 0.1) is 11.6 Å². The van der Waals surface area contributed by atoms with Crippen LogP contribution in [0.25, 0.3) is 10.9 Å². The maximum absolute atomic E-state index is 9.32. The normalized spacial score (nSPS) is 14.2. The molecule has 0 atom stereocenters. The number of H-pyrrole nitrogens is 1. The van der Waals surface area contributed by atoms with Gasteiger partial charge in [-0.2, -0.15) is 14.9 Å². The minimum Gasteiger partial charge on any atom is -0.341 e. The molecule has 190 valence electrons. The highest BCUT2D eigenvalue weighted by Crippen LogP contribution is 2.38. The number of nitrogens with zero attached hydrogens (tertiary/aromatic N) is 3. The number of benzene rings is 2. The van der Waals surface area contributed by atoms with Crippen molar-refractivity contribution < 1.29 is 9.59 Å². The van der Waals surface area contributed by atoms with E-state index in [0.29, 0.717) is 17.5 Å². The molecule has 2 heterocycles. The maximum Gasteiger partial charge on any atom is 0.373 e. The Morgan fingerprint density at radius 3 is 2.39 bits per heavy atom. The number of fused-ring (bicyclic) bond motifs is 1. The second kappa shape index (κ2) is 12.5. The number of nitriles is 1. The van der Waals surface area contributed by atoms with Crippen LogP contribution >= 0.6 is 0 Å². The second-order valence-electron chi connectivity index (χ2n) is 9.87. The van der Waals surface area contributed by atoms with E-state index < -0.39 is 0 Å². The lowest BCUT2D eigenvalue weighted by Crippen LogP contribution is -2.33. The van der Waals surface area contributed by atoms with E-state index in [-0.39, 0.29) is 6.15 Å². The quantitative estimate of drug-likeness (QED) is 0.414. The Kier molecular flexibility index (Phi) is 9.47. The molecule has 3 aromatic rings. The number of rotatable bonds is 7. The van der Waals surface area contributed by atoms with Crippen LogP contribution in [0, 0.1) is 18.3 Å². The molecule has 0 amide bonds. The highest BCUT2D eigenvalue weighted by molar-refractivity contribution is 5.91. The molecule has 1 aromatic heterocycles. The standard InChI is InChI=1S/C29H38N4.CO2/c1-6-14-32-15-12-24(13-16-32)27-18-25(10-9-23(27)7-2)33(20(3)4)29-21(5)26-11-8-22(19-30)17-28(26)31-29;2-1-3/h8-11,17-18,20,24,31H,6-7,12-16H2,1-5H3;. The summed E-state index contributed by atoms with van der Waals surface area (Å²) in [7, 11) is 0. The molecule has 0 bridgehead atoms. The molecule has 0 aliphatic carbocycles. The zero-order valence-corrected chi connectivity index (χ0v) is 22.2. The SMILES string of the molecule is CCCN1CCC(c2cc(N(c3[nH]c4cc(C#N)ccc4c3C)C(C)C)ccc2CC)CC1.O=C=O. The smallest absolute Gasteiger partial charge is 0.341 e. The largest absolute Gasteiger partial charge is 0.373 e. The van der Waals surface area contributed by atoms with Crippen molar-refractivity contribution in [3.8, 4) is 6.07 Å². The number of hydrogen-bond donors (Lipinski definition) is 1. The first-order chi connectivity index (χ1) is 17.4. The van der Waals surface area contributed by atoms with Gasteiger partial charge in [0, 0.05) is 22.6 Å². The zero-order chi connectivity index (χ0) is 26.2. The molecule has 1 aliphatic heterocycles. The number of aromatic amines is 1. The van der Waals surface area contributed by atoms with Gasteiger partial charge in [-0.15, -0.1) is 0 Å². The summed E-state index contributed by atoms with van der Waals surface area (Å²) in [6.45, 7) is 14.9. The minimum atomic E-state index is 0.250. The second-order valence-corrected chi connectivity index (χ2v) is 9.87. The molecule has 0 unspecified atom stereocenters. The zero-order valence-electron chi connectivity index (χ0n) is 22.2. The van der Waals surface area contributed by atoms with Crippen LogP contribution in [0.15, 0.2) is 36.4 Å². The van der Waals surface area contributed by atoms with Crippen molar-refractivity contribution in [1.82, 2.24) is 9.88 Å². The predicted octanol–water partition coefficient (Wildman–Crippen LogP) is 6.46. The van der Waals surface area contributed by atoms with E-state index in [9.17, 15) is 5.26 Å². The lowest BCUT2D eigenvalue weighted by molar-refractivity contribution is -0.191. The van der Waals surface area contributed by atoms with Gasteiger partial charge in [0.25, 0.3) is 0 Å². The van der Waals surface area contributed by atoms with Gasteiger partial charge in [0.15, 0.2) is 0 Å². The third-order valence-corrected chi connectivity index (χ3v) is 7.27. The Balaban J connectivity index is 0.00000115. The van der Waals surface area contributed by atoms with Crippen LogP contribution in [0.3, 0.4) is 0 Å². The van der Waals surface area contributed by atoms with Crippen molar-refractivity contribution >= 4 is 28.6 Å². The Labute approximate surface area is 214 Å². The van der Waals surface area contributed by atoms with E-state index in [4.69, 9.17) is 9.59 Å². The monoisotopic (exact) mass is 486 g/mol. The fourth-order valence-corrected chi connectivity index (χ4v) is 5.54. The molecule has 1 fully saturated rings. The molecule has 6 nitrogen and oxygen atoms in total. The first-order valence-electron chi connectivity index (χ1n) is 13.0. The number of aromatic nitrogens is 1. The highest BCUT2D eigenvalue weighted by Gasteiger charge is 2.25. The van der Waals surface area contributed by atoms with Gasteiger partial charge in [-0.1, -0.05) is 26.0 Å². The van der Waals surface area contributed by atoms with E-state index in [2.05, 4.69) is 79.7 Å². The third-order valence-electron chi connectivity index (χ3n) is 7.27. The fourth-order valence-electron chi connectivity index (χ4n) is 5.54. The van der Waals surface area contributed by atoms with Crippen molar-refractivity contribution in [2.24, 2.45) is 0 Å². The Bertz CT molecular complexity index is 1240. The molecular weight excluding hydrogens is 448 g/mol. The highest BCUT2D eigenvalue weighted by atomic mass is 16.2. The molecular formula is C30H38N4O2. The van der Waals surface area contributed by atoms with Crippen LogP contribution in [0.5, 0.6) is 0 Å². The molecule has 0 radical (unpaired) electrons. The van der Waals surface area contributed by atoms with Crippen molar-refractivity contribution in [2.75, 3.05) is 24.5 Å². The van der Waals surface area contributed by atoms with E-state index in [1.54, 1.807) is 0 Å². The summed E-state index contributed by atoms with van der Waals surface area (Å²) in [4.78, 5) is 24.9. The molecule has 6 heteroatoms. The summed E-state index contributed by atoms with van der Waals surface area (Å²) >= 11 is 0. The number of aryl methyl sites for hydroxylation is 2. The summed E-state index contributed by atoms with van der Waals surface area (Å²) in [6, 6.07) is 15.6. The topological polar surface area (TPSA) is 80.2 Å². The first-order valence-corrected chi connectivity index (χ1v) is 13.0. The molecule has 0 spiro atoms. The number of likely N-dealkylation sites (tertiary alicyclic amines) is 1. The molecule has 4 rings (SSSR count). The van der Waals surface area contributed by atoms with Crippen LogP contribution in [0.2, 0.25) is 0 Å². The van der Waals surface area contributed by atoms with E-state index in [1.165, 1.54) is 66.7 Å². The van der Waals surface area contributed by atoms with Crippen LogP contribution in [0.1, 0.15) is 75.1 Å². The Morgan fingerprint density at radius 2 is 1.81 bits per heavy atom. The van der Waals surface area contributed by atoms with E-state index in [1.807, 2.05) is 12.1 Å². The Morgan fingerprint density at radius 1 is 1.11 bits per heavy atom. The lowest BCUT2D eigenvalue weighted by atomic mass is 9.85. The van der Waals surface area contributed by atoms with Gasteiger partial charge in [0.2, 0.25) is 0 Å². The predicted molar refractivity (Wildman–Crippen MR) is 145 cm³/mol. The first kappa shape index (κ1) is 27.2. The van der Waals surface area contributed by atoms with Gasteiger partial charge in [-0.05, 0) is 113 Å². The van der Waals surface area contributed by atoms with Crippen LogP contribution in [0.4, 0.5) is 11.5 Å². The average molecular weight is 487 g/mol. The molecule has 36 heavy (non-hydrogen) atoms. The van der Waals surface area contributed by atoms with Gasteiger partial charge >= 0.3 is 6.15 Å². The van der Waals surface area contributed by atoms with Gasteiger partial charge in [0.1, 0.15) is 5.82 Å². The maximum atomic E-state index is 9.32. The van der Waals surface area contributed by atoms with E-state index in [0.717, 1.165) is 17.8 Å². The third kappa shape index (κ3) is 5.87. The molecule has 0 saturated carbocycles. The molecule has 1 N–H and O–H groups in total. The number of piperidine rings is 1. The number of carbonyl (C=O) groups excluding carboxylic acids is 2. The molecule has 1 aliphatic rings. The lowest BCUT2D eigenvalue weighted by Gasteiger charge is -2.34. The summed E-state index contributed by atoms with van der Waals surface area (Å²) in [5.41, 5.74) is 7.23. The minimum absolute atomic E-state index is 0.250. The van der Waals surface area contributed by atoms with Crippen molar-refractivity contribution in [2.45, 2.75) is 72.3 Å². The molecule has 1 saturated heterocycles. The summed E-state index contributed by atoms with van der Waals surface area (Å²) in [5, 5.41) is 10.5. The van der Waals surface area contributed by atoms with E-state index >= 15 is 0 Å². The van der Waals surface area contributed by atoms with Gasteiger partial charge < -0.3 is 14.8 Å². The average Bonchev–Trinajstić information content (AvgIpc) is 3.20. The summed E-state index contributed by atoms with van der Waals surface area (Å²) in [6.07, 6.45) is 5.07. The van der Waals surface area contributed by atoms with Crippen LogP contribution in [-0.2, 0) is 16.0 Å². The fraction of sp³-hybridized carbons (Fsp3) is 0.467. The van der Waals surface area contributed by atoms with Gasteiger partial charge in [-0.25, -0.2) is 0 Å². The van der Waals surface area contributed by atoms with Crippen LogP contribution < -0.4 is 4.90 Å². The van der Waals surface area contributed by atoms with Gasteiger partial charge in [-0.3, -0.25) is 0 Å².